The van der Waals surface area contributed by atoms with Gasteiger partial charge in [0.15, 0.2) is 0 Å². The Labute approximate surface area is 140 Å². The monoisotopic (exact) mass is 300 g/mol. The first-order chi connectivity index (χ1) is 11.2. The van der Waals surface area contributed by atoms with Crippen molar-refractivity contribution in [3.05, 3.63) is 64.7 Å². The van der Waals surface area contributed by atoms with Crippen LogP contribution in [0.1, 0.15) is 56.2 Å². The molecule has 0 heteroatoms. The second-order valence-electron chi connectivity index (χ2n) is 6.57. The number of allylic oxidation sites excluding steroid dienone is 1. The number of unbranched alkanes of at least 4 members (excludes halogenated alkanes) is 3. The van der Waals surface area contributed by atoms with Crippen molar-refractivity contribution in [3.63, 3.8) is 0 Å². The first kappa shape index (κ1) is 15.6. The van der Waals surface area contributed by atoms with Crippen molar-refractivity contribution in [1.82, 2.24) is 0 Å². The third-order valence-electron chi connectivity index (χ3n) is 4.63. The van der Waals surface area contributed by atoms with Gasteiger partial charge in [-0.15, -0.1) is 12.3 Å². The van der Waals surface area contributed by atoms with Gasteiger partial charge in [0.2, 0.25) is 0 Å². The lowest BCUT2D eigenvalue weighted by Crippen LogP contribution is -1.90. The minimum atomic E-state index is 0.904. The molecule has 0 N–H and O–H groups in total. The zero-order valence-electron chi connectivity index (χ0n) is 14.2. The molecule has 1 aliphatic carbocycles. The van der Waals surface area contributed by atoms with E-state index < -0.39 is 0 Å². The van der Waals surface area contributed by atoms with Crippen molar-refractivity contribution >= 4 is 5.57 Å². The highest BCUT2D eigenvalue weighted by molar-refractivity contribution is 6.02. The molecule has 2 aromatic rings. The van der Waals surface area contributed by atoms with E-state index in [9.17, 15) is 0 Å². The number of aryl methyl sites for hydroxylation is 1. The summed E-state index contributed by atoms with van der Waals surface area (Å²) in [5.41, 5.74) is 9.80. The number of rotatable bonds is 5. The Morgan fingerprint density at radius 2 is 1.61 bits per heavy atom. The van der Waals surface area contributed by atoms with Crippen LogP contribution in [0.4, 0.5) is 0 Å². The number of fused-ring (bicyclic) bond motifs is 3. The van der Waals surface area contributed by atoms with Crippen molar-refractivity contribution in [2.24, 2.45) is 0 Å². The van der Waals surface area contributed by atoms with E-state index in [-0.39, 0.29) is 0 Å². The second kappa shape index (κ2) is 6.88. The van der Waals surface area contributed by atoms with Crippen LogP contribution in [0.2, 0.25) is 0 Å². The van der Waals surface area contributed by atoms with Gasteiger partial charge in [0.25, 0.3) is 0 Å². The van der Waals surface area contributed by atoms with E-state index in [0.717, 1.165) is 19.3 Å². The molecule has 3 rings (SSSR count). The molecule has 0 aliphatic heterocycles. The molecule has 0 amide bonds. The average Bonchev–Trinajstić information content (AvgIpc) is 2.88. The zero-order chi connectivity index (χ0) is 16.2. The highest BCUT2D eigenvalue weighted by Crippen LogP contribution is 2.45. The summed E-state index contributed by atoms with van der Waals surface area (Å²) in [7, 11) is 0. The molecule has 0 saturated carbocycles. The van der Waals surface area contributed by atoms with E-state index in [1.807, 2.05) is 0 Å². The smallest absolute Gasteiger partial charge is 0.00860 e. The van der Waals surface area contributed by atoms with E-state index in [2.05, 4.69) is 62.2 Å². The third kappa shape index (κ3) is 3.10. The number of terminal acetylenes is 1. The van der Waals surface area contributed by atoms with Gasteiger partial charge in [-0.1, -0.05) is 54.5 Å². The molecule has 23 heavy (non-hydrogen) atoms. The Morgan fingerprint density at radius 1 is 0.870 bits per heavy atom. The van der Waals surface area contributed by atoms with Crippen LogP contribution in [0.15, 0.2) is 48.0 Å². The van der Waals surface area contributed by atoms with Gasteiger partial charge in [-0.05, 0) is 66.5 Å². The van der Waals surface area contributed by atoms with Crippen molar-refractivity contribution in [2.75, 3.05) is 0 Å². The van der Waals surface area contributed by atoms with E-state index in [0.29, 0.717) is 0 Å². The minimum Gasteiger partial charge on any atom is -0.120 e. The fourth-order valence-corrected chi connectivity index (χ4v) is 3.54. The van der Waals surface area contributed by atoms with E-state index >= 15 is 0 Å². The fourth-order valence-electron chi connectivity index (χ4n) is 3.54. The van der Waals surface area contributed by atoms with Crippen LogP contribution in [-0.4, -0.2) is 0 Å². The summed E-state index contributed by atoms with van der Waals surface area (Å²) < 4.78 is 0. The lowest BCUT2D eigenvalue weighted by atomic mass is 9.96. The predicted molar refractivity (Wildman–Crippen MR) is 100 cm³/mol. The van der Waals surface area contributed by atoms with Gasteiger partial charge in [0.05, 0.1) is 0 Å². The Bertz CT molecular complexity index is 780. The molecular weight excluding hydrogens is 276 g/mol. The highest BCUT2D eigenvalue weighted by Gasteiger charge is 2.23. The van der Waals surface area contributed by atoms with Crippen molar-refractivity contribution < 1.29 is 0 Å². The molecule has 0 bridgehead atoms. The lowest BCUT2D eigenvalue weighted by molar-refractivity contribution is 0.693. The van der Waals surface area contributed by atoms with Gasteiger partial charge in [-0.3, -0.25) is 0 Å². The van der Waals surface area contributed by atoms with Crippen LogP contribution in [-0.2, 0) is 6.42 Å². The second-order valence-corrected chi connectivity index (χ2v) is 6.57. The lowest BCUT2D eigenvalue weighted by Gasteiger charge is -2.08. The Morgan fingerprint density at radius 3 is 2.35 bits per heavy atom. The number of benzene rings is 2. The van der Waals surface area contributed by atoms with Gasteiger partial charge in [0, 0.05) is 6.42 Å². The Hall–Kier alpha value is -2.26. The molecule has 0 radical (unpaired) electrons. The van der Waals surface area contributed by atoms with Crippen LogP contribution in [0.3, 0.4) is 0 Å². The summed E-state index contributed by atoms with van der Waals surface area (Å²) in [5.74, 6) is 2.72. The van der Waals surface area contributed by atoms with Crippen LogP contribution >= 0.6 is 0 Å². The Kier molecular flexibility index (Phi) is 4.68. The molecule has 0 fully saturated rings. The summed E-state index contributed by atoms with van der Waals surface area (Å²) >= 11 is 0. The van der Waals surface area contributed by atoms with Crippen LogP contribution in [0.25, 0.3) is 16.7 Å². The van der Waals surface area contributed by atoms with Crippen LogP contribution in [0, 0.1) is 12.3 Å². The Balaban J connectivity index is 1.87. The van der Waals surface area contributed by atoms with Gasteiger partial charge in [0.1, 0.15) is 0 Å². The normalized spacial score (nSPS) is 11.8. The summed E-state index contributed by atoms with van der Waals surface area (Å²) in [6.45, 7) is 4.43. The van der Waals surface area contributed by atoms with Gasteiger partial charge < -0.3 is 0 Å². The first-order valence-electron chi connectivity index (χ1n) is 8.56. The third-order valence-corrected chi connectivity index (χ3v) is 4.63. The quantitative estimate of drug-likeness (QED) is 0.386. The maximum absolute atomic E-state index is 5.31. The minimum absolute atomic E-state index is 0.904. The van der Waals surface area contributed by atoms with Crippen molar-refractivity contribution in [3.8, 4) is 23.5 Å². The summed E-state index contributed by atoms with van der Waals surface area (Å²) in [5, 5.41) is 0. The van der Waals surface area contributed by atoms with Gasteiger partial charge >= 0.3 is 0 Å². The summed E-state index contributed by atoms with van der Waals surface area (Å²) in [4.78, 5) is 0. The maximum atomic E-state index is 5.31. The molecule has 1 aliphatic rings. The topological polar surface area (TPSA) is 0 Å². The molecule has 0 unspecified atom stereocenters. The molecule has 0 atom stereocenters. The zero-order valence-corrected chi connectivity index (χ0v) is 14.2. The molecule has 0 saturated heterocycles. The average molecular weight is 300 g/mol. The van der Waals surface area contributed by atoms with Crippen molar-refractivity contribution in [2.45, 2.75) is 46.0 Å². The summed E-state index contributed by atoms with van der Waals surface area (Å²) in [6, 6.07) is 15.8. The van der Waals surface area contributed by atoms with E-state index in [1.165, 1.54) is 51.8 Å². The number of hydrogen-bond donors (Lipinski definition) is 0. The van der Waals surface area contributed by atoms with Gasteiger partial charge in [-0.25, -0.2) is 0 Å². The molecule has 0 spiro atoms. The molecule has 0 nitrogen and oxygen atoms in total. The molecule has 0 aromatic heterocycles. The molecular formula is C23H24. The van der Waals surface area contributed by atoms with Crippen LogP contribution in [0.5, 0.6) is 0 Å². The largest absolute Gasteiger partial charge is 0.120 e. The predicted octanol–water partition coefficient (Wildman–Crippen LogP) is 6.24. The maximum Gasteiger partial charge on any atom is 0.00860 e. The number of hydrogen-bond acceptors (Lipinski definition) is 0. The summed E-state index contributed by atoms with van der Waals surface area (Å²) in [6.07, 6.45) is 10.9. The molecule has 2 aromatic carbocycles. The highest BCUT2D eigenvalue weighted by atomic mass is 14.3. The van der Waals surface area contributed by atoms with Crippen molar-refractivity contribution in [1.29, 1.82) is 0 Å². The SMILES string of the molecule is C#CCCCCCc1ccc2c(c1)C(=C(C)C)c1ccccc1-2. The van der Waals surface area contributed by atoms with E-state index in [4.69, 9.17) is 6.42 Å². The first-order valence-corrected chi connectivity index (χ1v) is 8.56. The molecule has 0 heterocycles. The molecule has 116 valence electrons. The standard InChI is InChI=1S/C23H24/c1-4-5-6-7-8-11-18-14-15-20-19-12-9-10-13-21(19)23(17(2)3)22(20)16-18/h1,9-10,12-16H,5-8,11H2,2-3H3. The van der Waals surface area contributed by atoms with Gasteiger partial charge in [-0.2, -0.15) is 0 Å². The fraction of sp³-hybridized carbons (Fsp3) is 0.304. The van der Waals surface area contributed by atoms with Crippen LogP contribution < -0.4 is 0 Å². The van der Waals surface area contributed by atoms with E-state index in [1.54, 1.807) is 0 Å².